The maximum Gasteiger partial charge on any atom is 0.257 e. The van der Waals surface area contributed by atoms with Gasteiger partial charge in [0.05, 0.1) is 21.3 Å². The molecule has 0 fully saturated rings. The highest BCUT2D eigenvalue weighted by Gasteiger charge is 2.13. The molecule has 0 radical (unpaired) electrons. The van der Waals surface area contributed by atoms with Gasteiger partial charge < -0.3 is 10.3 Å². The van der Waals surface area contributed by atoms with E-state index in [2.05, 4.69) is 10.3 Å². The van der Waals surface area contributed by atoms with Crippen LogP contribution in [0.2, 0.25) is 15.1 Å². The minimum Gasteiger partial charge on any atom is -0.329 e. The second-order valence-corrected chi connectivity index (χ2v) is 6.06. The van der Waals surface area contributed by atoms with Gasteiger partial charge in [0.15, 0.2) is 0 Å². The molecule has 4 nitrogen and oxygen atoms in total. The molecule has 0 aliphatic carbocycles. The second-order valence-electron chi connectivity index (χ2n) is 4.80. The van der Waals surface area contributed by atoms with Gasteiger partial charge in [-0.05, 0) is 41.8 Å². The Bertz CT molecular complexity index is 983. The molecule has 1 aromatic heterocycles. The van der Waals surface area contributed by atoms with Crippen LogP contribution in [0.1, 0.15) is 10.4 Å². The number of aromatic amines is 1. The lowest BCUT2D eigenvalue weighted by molar-refractivity contribution is 0.102. The molecular weight excluding hydrogens is 359 g/mol. The Morgan fingerprint density at radius 2 is 1.78 bits per heavy atom. The van der Waals surface area contributed by atoms with E-state index < -0.39 is 5.91 Å². The maximum atomic E-state index is 12.3. The molecule has 2 N–H and O–H groups in total. The number of amides is 1. The molecule has 2 aromatic carbocycles. The van der Waals surface area contributed by atoms with E-state index in [1.54, 1.807) is 18.2 Å². The number of H-pyrrole nitrogens is 1. The molecule has 1 amide bonds. The standard InChI is InChI=1S/C16H9Cl3N2O2/c17-9-1-2-10(12(18)6-9)16(23)21-14-5-8-3-4-20-15(22)11(8)7-13(14)19/h1-7H,(H,20,22)(H,21,23). The minimum absolute atomic E-state index is 0.239. The molecule has 0 saturated heterocycles. The first-order valence-electron chi connectivity index (χ1n) is 6.53. The lowest BCUT2D eigenvalue weighted by Crippen LogP contribution is -2.13. The number of aromatic nitrogens is 1. The predicted molar refractivity (Wildman–Crippen MR) is 94.0 cm³/mol. The molecule has 0 unspecified atom stereocenters. The van der Waals surface area contributed by atoms with E-state index in [0.29, 0.717) is 21.5 Å². The van der Waals surface area contributed by atoms with Crippen molar-refractivity contribution in [1.82, 2.24) is 4.98 Å². The van der Waals surface area contributed by atoms with Crippen molar-refractivity contribution in [2.24, 2.45) is 0 Å². The number of carbonyl (C=O) groups excluding carboxylic acids is 1. The van der Waals surface area contributed by atoms with Crippen molar-refractivity contribution in [3.05, 3.63) is 73.6 Å². The molecule has 0 saturated carbocycles. The van der Waals surface area contributed by atoms with Crippen molar-refractivity contribution in [3.8, 4) is 0 Å². The number of rotatable bonds is 2. The molecule has 0 atom stereocenters. The predicted octanol–water partition coefficient (Wildman–Crippen LogP) is 4.74. The summed E-state index contributed by atoms with van der Waals surface area (Å²) in [5.41, 5.74) is 0.418. The van der Waals surface area contributed by atoms with Crippen LogP contribution in [-0.4, -0.2) is 10.9 Å². The van der Waals surface area contributed by atoms with E-state index in [1.807, 2.05) is 0 Å². The number of halogens is 3. The summed E-state index contributed by atoms with van der Waals surface area (Å²) in [7, 11) is 0. The molecule has 3 rings (SSSR count). The highest BCUT2D eigenvalue weighted by molar-refractivity contribution is 6.38. The first kappa shape index (κ1) is 15.9. The number of nitrogens with one attached hydrogen (secondary N) is 2. The van der Waals surface area contributed by atoms with Crippen molar-refractivity contribution >= 4 is 57.2 Å². The number of pyridine rings is 1. The summed E-state index contributed by atoms with van der Waals surface area (Å²) in [5, 5.41) is 4.73. The number of benzene rings is 2. The smallest absolute Gasteiger partial charge is 0.257 e. The third-order valence-corrected chi connectivity index (χ3v) is 4.15. The zero-order chi connectivity index (χ0) is 16.6. The number of hydrogen-bond donors (Lipinski definition) is 2. The Hall–Kier alpha value is -2.01. The van der Waals surface area contributed by atoms with Gasteiger partial charge in [0.2, 0.25) is 0 Å². The van der Waals surface area contributed by atoms with Gasteiger partial charge >= 0.3 is 0 Å². The fourth-order valence-corrected chi connectivity index (χ4v) is 2.87. The van der Waals surface area contributed by atoms with Crippen LogP contribution in [-0.2, 0) is 0 Å². The third-order valence-electron chi connectivity index (χ3n) is 3.29. The van der Waals surface area contributed by atoms with Gasteiger partial charge in [-0.1, -0.05) is 34.8 Å². The van der Waals surface area contributed by atoms with Crippen LogP contribution in [0, 0.1) is 0 Å². The quantitative estimate of drug-likeness (QED) is 0.687. The zero-order valence-corrected chi connectivity index (χ0v) is 13.8. The lowest BCUT2D eigenvalue weighted by Gasteiger charge is -2.10. The Balaban J connectivity index is 1.99. The molecule has 7 heteroatoms. The van der Waals surface area contributed by atoms with Crippen LogP contribution in [0.3, 0.4) is 0 Å². The average Bonchev–Trinajstić information content (AvgIpc) is 2.49. The summed E-state index contributed by atoms with van der Waals surface area (Å²) < 4.78 is 0. The number of carbonyl (C=O) groups is 1. The van der Waals surface area contributed by atoms with E-state index in [4.69, 9.17) is 34.8 Å². The summed E-state index contributed by atoms with van der Waals surface area (Å²) in [4.78, 5) is 26.6. The molecule has 0 bridgehead atoms. The zero-order valence-electron chi connectivity index (χ0n) is 11.5. The summed E-state index contributed by atoms with van der Waals surface area (Å²) in [6.07, 6.45) is 1.53. The molecule has 3 aromatic rings. The number of hydrogen-bond acceptors (Lipinski definition) is 2. The van der Waals surface area contributed by atoms with Crippen LogP contribution in [0.4, 0.5) is 5.69 Å². The molecule has 0 aliphatic rings. The van der Waals surface area contributed by atoms with E-state index in [1.165, 1.54) is 24.4 Å². The third kappa shape index (κ3) is 3.20. The number of fused-ring (bicyclic) bond motifs is 1. The average molecular weight is 368 g/mol. The normalized spacial score (nSPS) is 10.7. The van der Waals surface area contributed by atoms with Crippen LogP contribution in [0.5, 0.6) is 0 Å². The van der Waals surface area contributed by atoms with Crippen molar-refractivity contribution in [1.29, 1.82) is 0 Å². The second kappa shape index (κ2) is 6.24. The van der Waals surface area contributed by atoms with E-state index >= 15 is 0 Å². The van der Waals surface area contributed by atoms with Gasteiger partial charge in [-0.25, -0.2) is 0 Å². The highest BCUT2D eigenvalue weighted by atomic mass is 35.5. The van der Waals surface area contributed by atoms with Gasteiger partial charge in [-0.3, -0.25) is 9.59 Å². The highest BCUT2D eigenvalue weighted by Crippen LogP contribution is 2.28. The van der Waals surface area contributed by atoms with Crippen LogP contribution < -0.4 is 10.9 Å². The maximum absolute atomic E-state index is 12.3. The summed E-state index contributed by atoms with van der Waals surface area (Å²) in [5.74, 6) is -0.419. The SMILES string of the molecule is O=C(Nc1cc2cc[nH]c(=O)c2cc1Cl)c1ccc(Cl)cc1Cl. The van der Waals surface area contributed by atoms with Crippen LogP contribution in [0.25, 0.3) is 10.8 Å². The van der Waals surface area contributed by atoms with Crippen molar-refractivity contribution in [2.75, 3.05) is 5.32 Å². The minimum atomic E-state index is -0.419. The Labute approximate surface area is 146 Å². The Kier molecular flexibility index (Phi) is 4.31. The Morgan fingerprint density at radius 1 is 1.00 bits per heavy atom. The Morgan fingerprint density at radius 3 is 2.52 bits per heavy atom. The summed E-state index contributed by atoms with van der Waals surface area (Å²) >= 11 is 18.0. The molecule has 1 heterocycles. The van der Waals surface area contributed by atoms with E-state index in [-0.39, 0.29) is 21.2 Å². The van der Waals surface area contributed by atoms with Crippen molar-refractivity contribution < 1.29 is 4.79 Å². The van der Waals surface area contributed by atoms with Crippen molar-refractivity contribution in [2.45, 2.75) is 0 Å². The lowest BCUT2D eigenvalue weighted by atomic mass is 10.1. The molecular formula is C16H9Cl3N2O2. The topological polar surface area (TPSA) is 62.0 Å². The monoisotopic (exact) mass is 366 g/mol. The van der Waals surface area contributed by atoms with Crippen LogP contribution in [0.15, 0.2) is 47.4 Å². The first-order valence-corrected chi connectivity index (χ1v) is 7.66. The van der Waals surface area contributed by atoms with Gasteiger partial charge in [0, 0.05) is 16.6 Å². The van der Waals surface area contributed by atoms with Gasteiger partial charge in [0.1, 0.15) is 0 Å². The molecule has 23 heavy (non-hydrogen) atoms. The molecule has 0 aliphatic heterocycles. The largest absolute Gasteiger partial charge is 0.329 e. The summed E-state index contributed by atoms with van der Waals surface area (Å²) in [6.45, 7) is 0. The summed E-state index contributed by atoms with van der Waals surface area (Å²) in [6, 6.07) is 9.45. The molecule has 116 valence electrons. The molecule has 0 spiro atoms. The fraction of sp³-hybridized carbons (Fsp3) is 0. The fourth-order valence-electron chi connectivity index (χ4n) is 2.17. The van der Waals surface area contributed by atoms with Crippen molar-refractivity contribution in [3.63, 3.8) is 0 Å². The first-order chi connectivity index (χ1) is 11.0. The van der Waals surface area contributed by atoms with E-state index in [9.17, 15) is 9.59 Å². The number of anilines is 1. The van der Waals surface area contributed by atoms with Gasteiger partial charge in [-0.15, -0.1) is 0 Å². The van der Waals surface area contributed by atoms with Crippen LogP contribution >= 0.6 is 34.8 Å². The van der Waals surface area contributed by atoms with E-state index in [0.717, 1.165) is 0 Å². The van der Waals surface area contributed by atoms with Gasteiger partial charge in [0.25, 0.3) is 11.5 Å². The van der Waals surface area contributed by atoms with Gasteiger partial charge in [-0.2, -0.15) is 0 Å².